The van der Waals surface area contributed by atoms with E-state index in [-0.39, 0.29) is 0 Å². The van der Waals surface area contributed by atoms with Gasteiger partial charge in [-0.3, -0.25) is 9.55 Å². The van der Waals surface area contributed by atoms with Crippen molar-refractivity contribution in [2.75, 3.05) is 0 Å². The quantitative estimate of drug-likeness (QED) is 0.760. The highest BCUT2D eigenvalue weighted by Crippen LogP contribution is 2.22. The van der Waals surface area contributed by atoms with Crippen molar-refractivity contribution in [2.45, 2.75) is 6.42 Å². The van der Waals surface area contributed by atoms with Crippen molar-refractivity contribution in [3.63, 3.8) is 0 Å². The third kappa shape index (κ3) is 1.61. The second-order valence-corrected chi connectivity index (χ2v) is 3.17. The van der Waals surface area contributed by atoms with Gasteiger partial charge in [0.05, 0.1) is 11.4 Å². The zero-order valence-electron chi connectivity index (χ0n) is 8.05. The first-order valence-electron chi connectivity index (χ1n) is 4.53. The van der Waals surface area contributed by atoms with E-state index in [1.54, 1.807) is 24.3 Å². The number of hydrogen-bond acceptors (Lipinski definition) is 2. The topological polar surface area (TPSA) is 55.1 Å². The molecule has 4 heteroatoms. The molecule has 0 atom stereocenters. The molecule has 0 fully saturated rings. The lowest BCUT2D eigenvalue weighted by Gasteiger charge is -2.04. The van der Waals surface area contributed by atoms with E-state index in [9.17, 15) is 4.79 Å². The molecular weight excluding hydrogens is 192 g/mol. The third-order valence-electron chi connectivity index (χ3n) is 2.14. The molecule has 0 bridgehead atoms. The average Bonchev–Trinajstić information content (AvgIpc) is 2.59. The maximum absolute atomic E-state index is 10.9. The molecule has 0 unspecified atom stereocenters. The predicted octanol–water partition coefficient (Wildman–Crippen LogP) is 2.24. The van der Waals surface area contributed by atoms with Gasteiger partial charge in [0, 0.05) is 18.3 Å². The van der Waals surface area contributed by atoms with E-state index < -0.39 is 6.09 Å². The predicted molar refractivity (Wildman–Crippen MR) is 56.2 cm³/mol. The van der Waals surface area contributed by atoms with Crippen molar-refractivity contribution >= 4 is 6.09 Å². The molecule has 4 nitrogen and oxygen atoms in total. The Balaban J connectivity index is 2.58. The minimum Gasteiger partial charge on any atom is -0.464 e. The molecular formula is C11H10N2O2. The Kier molecular flexibility index (Phi) is 2.25. The highest BCUT2D eigenvalue weighted by Gasteiger charge is 2.14. The third-order valence-corrected chi connectivity index (χ3v) is 2.14. The summed E-state index contributed by atoms with van der Waals surface area (Å²) in [5.41, 5.74) is 2.14. The smallest absolute Gasteiger partial charge is 0.416 e. The molecule has 2 aliphatic heterocycles. The summed E-state index contributed by atoms with van der Waals surface area (Å²) < 4.78 is 1.16. The lowest BCUT2D eigenvalue weighted by atomic mass is 10.2. The summed E-state index contributed by atoms with van der Waals surface area (Å²) in [4.78, 5) is 15.2. The van der Waals surface area contributed by atoms with E-state index in [1.165, 1.54) is 6.20 Å². The summed E-state index contributed by atoms with van der Waals surface area (Å²) >= 11 is 0. The van der Waals surface area contributed by atoms with Gasteiger partial charge in [-0.2, -0.15) is 0 Å². The Labute approximate surface area is 86.8 Å². The highest BCUT2D eigenvalue weighted by atomic mass is 16.4. The summed E-state index contributed by atoms with van der Waals surface area (Å²) in [6, 6.07) is 5.23. The van der Waals surface area contributed by atoms with Crippen LogP contribution in [0.25, 0.3) is 11.4 Å². The SMILES string of the molecule is C=CCc1cc2n(C(=O)O)cccc-2n1. The number of carboxylic acid groups (broad SMARTS) is 1. The van der Waals surface area contributed by atoms with Crippen molar-refractivity contribution in [1.82, 2.24) is 9.55 Å². The van der Waals surface area contributed by atoms with Gasteiger partial charge >= 0.3 is 6.09 Å². The van der Waals surface area contributed by atoms with Gasteiger partial charge in [0.15, 0.2) is 0 Å². The van der Waals surface area contributed by atoms with Crippen LogP contribution in [0, 0.1) is 0 Å². The first kappa shape index (κ1) is 9.45. The van der Waals surface area contributed by atoms with Crippen LogP contribution < -0.4 is 0 Å². The summed E-state index contributed by atoms with van der Waals surface area (Å²) in [7, 11) is 0. The highest BCUT2D eigenvalue weighted by molar-refractivity contribution is 5.76. The van der Waals surface area contributed by atoms with Crippen LogP contribution in [-0.4, -0.2) is 20.8 Å². The Morgan fingerprint density at radius 2 is 2.47 bits per heavy atom. The first-order valence-corrected chi connectivity index (χ1v) is 4.53. The normalized spacial score (nSPS) is 10.4. The number of aromatic nitrogens is 2. The molecule has 0 aromatic carbocycles. The molecule has 0 saturated carbocycles. The molecule has 0 amide bonds. The van der Waals surface area contributed by atoms with Crippen molar-refractivity contribution < 1.29 is 9.90 Å². The second-order valence-electron chi connectivity index (χ2n) is 3.17. The molecule has 76 valence electrons. The van der Waals surface area contributed by atoms with Gasteiger partial charge in [-0.1, -0.05) is 6.08 Å². The minimum atomic E-state index is -1.00. The fourth-order valence-electron chi connectivity index (χ4n) is 1.51. The Hall–Kier alpha value is -2.10. The molecule has 15 heavy (non-hydrogen) atoms. The van der Waals surface area contributed by atoms with E-state index in [2.05, 4.69) is 11.6 Å². The standard InChI is InChI=1S/C11H10N2O2/c1-2-4-8-7-10-9(12-8)5-3-6-13(10)11(14)15/h2-3,5-7H,1,4H2,(H,14,15). The Morgan fingerprint density at radius 1 is 1.67 bits per heavy atom. The zero-order valence-corrected chi connectivity index (χ0v) is 8.05. The summed E-state index contributed by atoms with van der Waals surface area (Å²) in [5, 5.41) is 8.94. The van der Waals surface area contributed by atoms with Crippen LogP contribution >= 0.6 is 0 Å². The van der Waals surface area contributed by atoms with Crippen LogP contribution in [0.5, 0.6) is 0 Å². The van der Waals surface area contributed by atoms with E-state index in [4.69, 9.17) is 5.11 Å². The van der Waals surface area contributed by atoms with E-state index in [0.717, 1.165) is 10.3 Å². The summed E-state index contributed by atoms with van der Waals surface area (Å²) in [5.74, 6) is 0. The Bertz CT molecular complexity index is 488. The van der Waals surface area contributed by atoms with Gasteiger partial charge in [0.1, 0.15) is 0 Å². The van der Waals surface area contributed by atoms with Crippen LogP contribution in [0.1, 0.15) is 5.69 Å². The molecule has 2 rings (SSSR count). The zero-order chi connectivity index (χ0) is 10.8. The molecule has 2 heterocycles. The second kappa shape index (κ2) is 3.57. The number of hydrogen-bond donors (Lipinski definition) is 1. The molecule has 1 N–H and O–H groups in total. The fourth-order valence-corrected chi connectivity index (χ4v) is 1.51. The fraction of sp³-hybridized carbons (Fsp3) is 0.0909. The number of fused-ring (bicyclic) bond motifs is 1. The first-order chi connectivity index (χ1) is 7.22. The number of nitrogens with zero attached hydrogens (tertiary/aromatic N) is 2. The number of allylic oxidation sites excluding steroid dienone is 1. The van der Waals surface area contributed by atoms with E-state index in [0.29, 0.717) is 17.8 Å². The number of rotatable bonds is 2. The summed E-state index contributed by atoms with van der Waals surface area (Å²) in [6.45, 7) is 3.62. The van der Waals surface area contributed by atoms with Gasteiger partial charge < -0.3 is 5.11 Å². The minimum absolute atomic E-state index is 0.613. The van der Waals surface area contributed by atoms with Crippen molar-refractivity contribution in [1.29, 1.82) is 0 Å². The van der Waals surface area contributed by atoms with Crippen LogP contribution in [0.4, 0.5) is 4.79 Å². The van der Waals surface area contributed by atoms with E-state index in [1.807, 2.05) is 0 Å². The van der Waals surface area contributed by atoms with Gasteiger partial charge in [0.25, 0.3) is 0 Å². The van der Waals surface area contributed by atoms with Crippen LogP contribution in [0.2, 0.25) is 0 Å². The lowest BCUT2D eigenvalue weighted by molar-refractivity contribution is 0.196. The van der Waals surface area contributed by atoms with Crippen LogP contribution in [-0.2, 0) is 6.42 Å². The molecule has 0 aliphatic carbocycles. The van der Waals surface area contributed by atoms with Crippen LogP contribution in [0.15, 0.2) is 37.1 Å². The van der Waals surface area contributed by atoms with Gasteiger partial charge in [-0.25, -0.2) is 4.79 Å². The van der Waals surface area contributed by atoms with Gasteiger partial charge in [-0.05, 0) is 18.2 Å². The molecule has 0 radical (unpaired) electrons. The summed E-state index contributed by atoms with van der Waals surface area (Å²) in [6.07, 6.45) is 2.89. The monoisotopic (exact) mass is 202 g/mol. The largest absolute Gasteiger partial charge is 0.464 e. The van der Waals surface area contributed by atoms with Crippen molar-refractivity contribution in [2.24, 2.45) is 0 Å². The molecule has 0 aromatic rings. The Morgan fingerprint density at radius 3 is 3.13 bits per heavy atom. The van der Waals surface area contributed by atoms with Crippen molar-refractivity contribution in [3.05, 3.63) is 42.7 Å². The van der Waals surface area contributed by atoms with Gasteiger partial charge in [0.2, 0.25) is 0 Å². The number of carbonyl (C=O) groups is 1. The maximum Gasteiger partial charge on any atom is 0.416 e. The molecule has 0 saturated heterocycles. The molecule has 0 aromatic heterocycles. The van der Waals surface area contributed by atoms with Crippen molar-refractivity contribution in [3.8, 4) is 11.4 Å². The number of pyridine rings is 1. The van der Waals surface area contributed by atoms with Gasteiger partial charge in [-0.15, -0.1) is 6.58 Å². The molecule has 0 spiro atoms. The maximum atomic E-state index is 10.9. The van der Waals surface area contributed by atoms with E-state index >= 15 is 0 Å². The molecule has 2 aliphatic rings. The lowest BCUT2D eigenvalue weighted by Crippen LogP contribution is -2.10. The average molecular weight is 202 g/mol. The van der Waals surface area contributed by atoms with Crippen LogP contribution in [0.3, 0.4) is 0 Å².